The van der Waals surface area contributed by atoms with Gasteiger partial charge in [-0.05, 0) is 55.6 Å². The lowest BCUT2D eigenvalue weighted by Gasteiger charge is -2.50. The summed E-state index contributed by atoms with van der Waals surface area (Å²) in [5, 5.41) is 14.1. The number of hydrogen-bond donors (Lipinski definition) is 2. The Balaban J connectivity index is 0.00000256. The Labute approximate surface area is 181 Å². The van der Waals surface area contributed by atoms with Gasteiger partial charge in [-0.2, -0.15) is 0 Å². The fourth-order valence-electron chi connectivity index (χ4n) is 4.51. The van der Waals surface area contributed by atoms with Crippen LogP contribution in [0.5, 0.6) is 5.75 Å². The molecule has 0 radical (unpaired) electrons. The smallest absolute Gasteiger partial charge is 0.224 e. The lowest BCUT2D eigenvalue weighted by molar-refractivity contribution is -0.131. The van der Waals surface area contributed by atoms with E-state index in [9.17, 15) is 9.90 Å². The highest BCUT2D eigenvalue weighted by Crippen LogP contribution is 2.36. The molecule has 5 rings (SSSR count). The van der Waals surface area contributed by atoms with E-state index in [0.717, 1.165) is 42.9 Å². The second kappa shape index (κ2) is 9.67. The van der Waals surface area contributed by atoms with Crippen molar-refractivity contribution in [2.75, 3.05) is 31.6 Å². The summed E-state index contributed by atoms with van der Waals surface area (Å²) in [6, 6.07) is 16.0. The summed E-state index contributed by atoms with van der Waals surface area (Å²) < 4.78 is 6.20. The zero-order valence-corrected chi connectivity index (χ0v) is 17.1. The van der Waals surface area contributed by atoms with Gasteiger partial charge in [0.05, 0.1) is 8.41 Å². The molecule has 3 saturated heterocycles. The highest BCUT2D eigenvalue weighted by molar-refractivity contribution is 5.90. The summed E-state index contributed by atoms with van der Waals surface area (Å²) >= 11 is 0. The summed E-state index contributed by atoms with van der Waals surface area (Å²) in [6.45, 7) is 5.00. The van der Waals surface area contributed by atoms with Gasteiger partial charge in [0.15, 0.2) is 0 Å². The average molecular weight is 408 g/mol. The Morgan fingerprint density at radius 3 is 2.57 bits per heavy atom. The predicted molar refractivity (Wildman–Crippen MR) is 124 cm³/mol. The first kappa shape index (κ1) is 22.4. The SMILES string of the molecule is B.CCC(=O)Nc1ccc(OCC2(O)CN3CCC2CC3)c(Cc2ccccc2)c1. The zero-order chi connectivity index (χ0) is 20.3. The van der Waals surface area contributed by atoms with E-state index in [1.165, 1.54) is 5.56 Å². The molecule has 2 aromatic carbocycles. The van der Waals surface area contributed by atoms with Crippen molar-refractivity contribution in [1.29, 1.82) is 0 Å². The molecule has 0 spiro atoms. The van der Waals surface area contributed by atoms with E-state index < -0.39 is 5.60 Å². The zero-order valence-electron chi connectivity index (χ0n) is 17.1. The fraction of sp³-hybridized carbons (Fsp3) is 0.458. The van der Waals surface area contributed by atoms with Gasteiger partial charge in [0.25, 0.3) is 0 Å². The minimum Gasteiger partial charge on any atom is -0.490 e. The Morgan fingerprint density at radius 1 is 1.20 bits per heavy atom. The third-order valence-corrected chi connectivity index (χ3v) is 6.23. The molecule has 5 nitrogen and oxygen atoms in total. The van der Waals surface area contributed by atoms with Crippen LogP contribution in [0.3, 0.4) is 0 Å². The van der Waals surface area contributed by atoms with Crippen LogP contribution in [0.2, 0.25) is 0 Å². The van der Waals surface area contributed by atoms with Gasteiger partial charge >= 0.3 is 0 Å². The fourth-order valence-corrected chi connectivity index (χ4v) is 4.51. The molecule has 0 aliphatic carbocycles. The lowest BCUT2D eigenvalue weighted by Crippen LogP contribution is -2.61. The largest absolute Gasteiger partial charge is 0.490 e. The molecule has 1 unspecified atom stereocenters. The number of fused-ring (bicyclic) bond motifs is 3. The maximum absolute atomic E-state index is 11.8. The van der Waals surface area contributed by atoms with Gasteiger partial charge < -0.3 is 20.1 Å². The molecule has 0 saturated carbocycles. The number of nitrogens with zero attached hydrogens (tertiary/aromatic N) is 1. The number of aliphatic hydroxyl groups is 1. The normalized spacial score (nSPS) is 24.7. The van der Waals surface area contributed by atoms with Gasteiger partial charge in [-0.25, -0.2) is 0 Å². The second-order valence-corrected chi connectivity index (χ2v) is 8.33. The molecule has 2 bridgehead atoms. The number of ether oxygens (including phenoxy) is 1. The van der Waals surface area contributed by atoms with Gasteiger partial charge in [-0.1, -0.05) is 37.3 Å². The molecule has 0 aromatic heterocycles. The molecular formula is C24H33BN2O3. The number of benzene rings is 2. The monoisotopic (exact) mass is 408 g/mol. The van der Waals surface area contributed by atoms with Gasteiger partial charge in [0, 0.05) is 30.6 Å². The molecule has 2 aromatic rings. The first-order valence-corrected chi connectivity index (χ1v) is 10.6. The third kappa shape index (κ3) is 5.05. The van der Waals surface area contributed by atoms with Crippen LogP contribution in [0, 0.1) is 5.92 Å². The summed E-state index contributed by atoms with van der Waals surface area (Å²) in [4.78, 5) is 14.1. The highest BCUT2D eigenvalue weighted by atomic mass is 16.5. The molecule has 1 amide bonds. The number of carbonyl (C=O) groups excluding carboxylic acids is 1. The van der Waals surface area contributed by atoms with Gasteiger partial charge in [-0.3, -0.25) is 4.79 Å². The standard InChI is InChI=1S/C24H30N2O3.BH3/c1-2-23(27)25-21-8-9-22(19(15-21)14-18-6-4-3-5-7-18)29-17-24(28)16-26-12-10-20(24)11-13-26;/h3-9,15,20,28H,2,10-14,16-17H2,1H3,(H,25,27);1H3. The van der Waals surface area contributed by atoms with E-state index in [4.69, 9.17) is 4.74 Å². The first-order chi connectivity index (χ1) is 14.1. The van der Waals surface area contributed by atoms with Gasteiger partial charge in [0.1, 0.15) is 18.0 Å². The quantitative estimate of drug-likeness (QED) is 0.691. The van der Waals surface area contributed by atoms with Crippen LogP contribution in [-0.4, -0.2) is 56.2 Å². The Kier molecular flexibility index (Phi) is 7.21. The van der Waals surface area contributed by atoms with Gasteiger partial charge in [0.2, 0.25) is 5.91 Å². The van der Waals surface area contributed by atoms with Crippen LogP contribution in [0.4, 0.5) is 5.69 Å². The number of hydrogen-bond acceptors (Lipinski definition) is 4. The molecule has 3 aliphatic rings. The van der Waals surface area contributed by atoms with Gasteiger partial charge in [-0.15, -0.1) is 0 Å². The van der Waals surface area contributed by atoms with Crippen LogP contribution >= 0.6 is 0 Å². The molecule has 1 atom stereocenters. The average Bonchev–Trinajstić information content (AvgIpc) is 2.74. The van der Waals surface area contributed by atoms with Crippen molar-refractivity contribution in [2.45, 2.75) is 38.2 Å². The minimum absolute atomic E-state index is 0. The van der Waals surface area contributed by atoms with Crippen molar-refractivity contribution in [1.82, 2.24) is 4.90 Å². The van der Waals surface area contributed by atoms with Crippen molar-refractivity contribution in [3.8, 4) is 5.75 Å². The number of anilines is 1. The summed E-state index contributed by atoms with van der Waals surface area (Å²) in [5.41, 5.74) is 2.18. The van der Waals surface area contributed by atoms with Crippen LogP contribution in [-0.2, 0) is 11.2 Å². The molecule has 2 N–H and O–H groups in total. The van der Waals surface area contributed by atoms with Crippen molar-refractivity contribution in [2.24, 2.45) is 5.92 Å². The maximum Gasteiger partial charge on any atom is 0.224 e. The van der Waals surface area contributed by atoms with E-state index in [1.54, 1.807) is 0 Å². The molecule has 3 fully saturated rings. The van der Waals surface area contributed by atoms with Crippen molar-refractivity contribution < 1.29 is 14.6 Å². The Bertz CT molecular complexity index is 853. The van der Waals surface area contributed by atoms with Crippen molar-refractivity contribution in [3.05, 3.63) is 59.7 Å². The Hall–Kier alpha value is -2.31. The molecule has 6 heteroatoms. The van der Waals surface area contributed by atoms with E-state index in [-0.39, 0.29) is 14.3 Å². The number of amides is 1. The molecule has 160 valence electrons. The topological polar surface area (TPSA) is 61.8 Å². The van der Waals surface area contributed by atoms with Crippen LogP contribution in [0.1, 0.15) is 37.3 Å². The van der Waals surface area contributed by atoms with E-state index in [1.807, 2.05) is 43.3 Å². The van der Waals surface area contributed by atoms with E-state index >= 15 is 0 Å². The maximum atomic E-state index is 11.8. The van der Waals surface area contributed by atoms with E-state index in [2.05, 4.69) is 22.3 Å². The number of carbonyl (C=O) groups is 1. The number of piperidine rings is 3. The molecule has 3 heterocycles. The third-order valence-electron chi connectivity index (χ3n) is 6.23. The predicted octanol–water partition coefficient (Wildman–Crippen LogP) is 2.28. The summed E-state index contributed by atoms with van der Waals surface area (Å²) in [7, 11) is 0. The highest BCUT2D eigenvalue weighted by Gasteiger charge is 2.46. The van der Waals surface area contributed by atoms with Crippen molar-refractivity contribution >= 4 is 20.0 Å². The first-order valence-electron chi connectivity index (χ1n) is 10.6. The van der Waals surface area contributed by atoms with Crippen LogP contribution < -0.4 is 10.1 Å². The Morgan fingerprint density at radius 2 is 1.93 bits per heavy atom. The minimum atomic E-state index is -0.782. The van der Waals surface area contributed by atoms with Crippen molar-refractivity contribution in [3.63, 3.8) is 0 Å². The molecule has 30 heavy (non-hydrogen) atoms. The van der Waals surface area contributed by atoms with Crippen LogP contribution in [0.15, 0.2) is 48.5 Å². The number of rotatable bonds is 7. The molecular weight excluding hydrogens is 375 g/mol. The summed E-state index contributed by atoms with van der Waals surface area (Å²) in [5.74, 6) is 1.08. The summed E-state index contributed by atoms with van der Waals surface area (Å²) in [6.07, 6.45) is 3.23. The second-order valence-electron chi connectivity index (χ2n) is 8.33. The van der Waals surface area contributed by atoms with E-state index in [0.29, 0.717) is 31.9 Å². The number of nitrogens with one attached hydrogen (secondary N) is 1. The molecule has 3 aliphatic heterocycles. The lowest BCUT2D eigenvalue weighted by atomic mass is 9.76. The van der Waals surface area contributed by atoms with Crippen LogP contribution in [0.25, 0.3) is 0 Å².